The van der Waals surface area contributed by atoms with Gasteiger partial charge < -0.3 is 29.1 Å². The number of ether oxygens (including phenoxy) is 3. The molecule has 1 amide bonds. The topological polar surface area (TPSA) is 92.6 Å². The average molecular weight is 453 g/mol. The van der Waals surface area contributed by atoms with Gasteiger partial charge in [0, 0.05) is 5.57 Å². The Hall–Kier alpha value is -3.36. The number of nitrogens with zero attached hydrogens (tertiary/aromatic N) is 1. The lowest BCUT2D eigenvalue weighted by atomic mass is 9.95. The molecule has 2 aliphatic heterocycles. The van der Waals surface area contributed by atoms with E-state index in [2.05, 4.69) is 0 Å². The smallest absolute Gasteiger partial charge is 0.295 e. The van der Waals surface area contributed by atoms with Gasteiger partial charge in [-0.3, -0.25) is 9.59 Å². The van der Waals surface area contributed by atoms with Gasteiger partial charge in [-0.25, -0.2) is 0 Å². The molecule has 1 unspecified atom stereocenters. The second-order valence-corrected chi connectivity index (χ2v) is 8.09. The summed E-state index contributed by atoms with van der Waals surface area (Å²) >= 11 is 0. The first-order chi connectivity index (χ1) is 16.0. The Kier molecular flexibility index (Phi) is 6.96. The number of benzene rings is 2. The second kappa shape index (κ2) is 10.1. The molecule has 4 rings (SSSR count). The van der Waals surface area contributed by atoms with Crippen molar-refractivity contribution < 1.29 is 33.8 Å². The van der Waals surface area contributed by atoms with Crippen molar-refractivity contribution in [3.63, 3.8) is 0 Å². The average Bonchev–Trinajstić information content (AvgIpc) is 3.12. The maximum atomic E-state index is 13.4. The van der Waals surface area contributed by atoms with Gasteiger partial charge in [-0.05, 0) is 35.4 Å². The molecule has 2 fully saturated rings. The minimum absolute atomic E-state index is 0.0210. The van der Waals surface area contributed by atoms with Crippen LogP contribution in [0.1, 0.15) is 17.2 Å². The number of nitrogens with one attached hydrogen (secondary N) is 1. The number of likely N-dealkylation sites (tertiary alicyclic amines) is 1. The van der Waals surface area contributed by atoms with E-state index in [1.54, 1.807) is 62.8 Å². The fourth-order valence-electron chi connectivity index (χ4n) is 4.32. The highest BCUT2D eigenvalue weighted by Gasteiger charge is 2.44. The van der Waals surface area contributed by atoms with Gasteiger partial charge in [0.2, 0.25) is 5.78 Å². The number of hydrogen-bond donors (Lipinski definition) is 1. The quantitative estimate of drug-likeness (QED) is 0.357. The summed E-state index contributed by atoms with van der Waals surface area (Å²) < 4.78 is 15.8. The Balaban J connectivity index is 1.72. The second-order valence-electron chi connectivity index (χ2n) is 8.09. The number of Topliss-reactive ketones (excluding diaryl/α,β-unsaturated/α-hetero) is 1. The summed E-state index contributed by atoms with van der Waals surface area (Å²) in [6.45, 7) is 4.11. The van der Waals surface area contributed by atoms with Crippen LogP contribution in [-0.2, 0) is 14.3 Å². The molecule has 0 saturated carbocycles. The summed E-state index contributed by atoms with van der Waals surface area (Å²) in [7, 11) is 3.11. The zero-order chi connectivity index (χ0) is 23.4. The third-order valence-corrected chi connectivity index (χ3v) is 6.22. The maximum absolute atomic E-state index is 13.4. The molecule has 2 aromatic rings. The molecule has 0 bridgehead atoms. The number of hydrogen-bond acceptors (Lipinski definition) is 6. The van der Waals surface area contributed by atoms with Crippen molar-refractivity contribution in [1.29, 1.82) is 0 Å². The molecule has 0 radical (unpaired) electrons. The van der Waals surface area contributed by atoms with E-state index in [0.717, 1.165) is 13.1 Å². The van der Waals surface area contributed by atoms with Crippen LogP contribution in [0.3, 0.4) is 0 Å². The molecule has 2 heterocycles. The molecule has 0 aliphatic carbocycles. The van der Waals surface area contributed by atoms with Gasteiger partial charge >= 0.3 is 0 Å². The van der Waals surface area contributed by atoms with Crippen molar-refractivity contribution in [3.8, 4) is 11.5 Å². The molecule has 174 valence electrons. The van der Waals surface area contributed by atoms with Crippen LogP contribution in [0.25, 0.3) is 5.76 Å². The normalized spacial score (nSPS) is 20.8. The van der Waals surface area contributed by atoms with Crippen LogP contribution in [0.4, 0.5) is 0 Å². The van der Waals surface area contributed by atoms with Crippen molar-refractivity contribution in [3.05, 3.63) is 65.2 Å². The number of carbonyl (C=O) groups excluding carboxylic acids is 2. The highest BCUT2D eigenvalue weighted by Crippen LogP contribution is 2.39. The Labute approximate surface area is 193 Å². The van der Waals surface area contributed by atoms with E-state index in [-0.39, 0.29) is 5.57 Å². The third-order valence-electron chi connectivity index (χ3n) is 6.22. The minimum atomic E-state index is -0.744. The summed E-state index contributed by atoms with van der Waals surface area (Å²) in [5, 5.41) is 13.4. The predicted molar refractivity (Wildman–Crippen MR) is 119 cm³/mol. The highest BCUT2D eigenvalue weighted by atomic mass is 16.5. The van der Waals surface area contributed by atoms with Crippen molar-refractivity contribution in [2.45, 2.75) is 6.04 Å². The van der Waals surface area contributed by atoms with E-state index < -0.39 is 23.5 Å². The summed E-state index contributed by atoms with van der Waals surface area (Å²) in [4.78, 5) is 29.0. The Morgan fingerprint density at radius 1 is 1.00 bits per heavy atom. The fraction of sp³-hybridized carbons (Fsp3) is 0.360. The van der Waals surface area contributed by atoms with E-state index in [4.69, 9.17) is 14.2 Å². The lowest BCUT2D eigenvalue weighted by Gasteiger charge is -2.30. The van der Waals surface area contributed by atoms with E-state index in [1.165, 1.54) is 9.80 Å². The molecule has 33 heavy (non-hydrogen) atoms. The fourth-order valence-corrected chi connectivity index (χ4v) is 4.32. The third kappa shape index (κ3) is 4.72. The van der Waals surface area contributed by atoms with Gasteiger partial charge in [0.15, 0.2) is 0 Å². The molecule has 0 aromatic heterocycles. The molecule has 1 N–H and O–H groups in total. The van der Waals surface area contributed by atoms with Gasteiger partial charge in [-0.1, -0.05) is 30.0 Å². The first-order valence-electron chi connectivity index (χ1n) is 11.0. The Morgan fingerprint density at radius 3 is 2.15 bits per heavy atom. The Bertz CT molecular complexity index is 1030. The van der Waals surface area contributed by atoms with Crippen molar-refractivity contribution in [2.24, 2.45) is 0 Å². The number of carbonyl (C=O) groups is 2. The van der Waals surface area contributed by atoms with Crippen molar-refractivity contribution in [1.82, 2.24) is 4.90 Å². The van der Waals surface area contributed by atoms with Crippen LogP contribution in [0.15, 0.2) is 54.1 Å². The lowest BCUT2D eigenvalue weighted by molar-refractivity contribution is -0.907. The number of quaternary nitrogens is 1. The molecule has 8 heteroatoms. The number of ketones is 1. The molecule has 2 saturated heterocycles. The lowest BCUT2D eigenvalue weighted by Crippen LogP contribution is -3.14. The van der Waals surface area contributed by atoms with E-state index in [1.807, 2.05) is 0 Å². The first-order valence-corrected chi connectivity index (χ1v) is 11.0. The first kappa shape index (κ1) is 22.8. The summed E-state index contributed by atoms with van der Waals surface area (Å²) in [5.41, 5.74) is 1.02. The van der Waals surface area contributed by atoms with E-state index in [9.17, 15) is 14.7 Å². The van der Waals surface area contributed by atoms with Crippen LogP contribution < -0.4 is 19.5 Å². The maximum Gasteiger partial charge on any atom is 0.295 e. The standard InChI is InChI=1S/C25H28N2O6/c1-31-19-7-3-17(4-8-19)22-21(23(28)18-5-9-20(32-2)10-6-18)24(29)25(30)27(22)12-11-26-13-15-33-16-14-26/h3-10,22,28H,11-16H2,1-2H3/b23-21+. The molecular formula is C25H28N2O6. The van der Waals surface area contributed by atoms with Crippen LogP contribution >= 0.6 is 0 Å². The predicted octanol–water partition coefficient (Wildman–Crippen LogP) is -0.157. The van der Waals surface area contributed by atoms with E-state index in [0.29, 0.717) is 48.9 Å². The van der Waals surface area contributed by atoms with Crippen molar-refractivity contribution in [2.75, 3.05) is 53.6 Å². The van der Waals surface area contributed by atoms with E-state index >= 15 is 0 Å². The zero-order valence-electron chi connectivity index (χ0n) is 18.8. The number of morpholine rings is 1. The molecule has 2 aromatic carbocycles. The van der Waals surface area contributed by atoms with Crippen LogP contribution in [0.5, 0.6) is 11.5 Å². The number of methoxy groups -OCH3 is 2. The number of amides is 1. The van der Waals surface area contributed by atoms with Gasteiger partial charge in [-0.15, -0.1) is 0 Å². The minimum Gasteiger partial charge on any atom is -0.872 e. The summed E-state index contributed by atoms with van der Waals surface area (Å²) in [6.07, 6.45) is 0. The van der Waals surface area contributed by atoms with Gasteiger partial charge in [-0.2, -0.15) is 0 Å². The largest absolute Gasteiger partial charge is 0.872 e. The van der Waals surface area contributed by atoms with Gasteiger partial charge in [0.05, 0.1) is 46.6 Å². The molecule has 8 nitrogen and oxygen atoms in total. The highest BCUT2D eigenvalue weighted by molar-refractivity contribution is 6.46. The summed E-state index contributed by atoms with van der Waals surface area (Å²) in [5.74, 6) is -0.569. The Morgan fingerprint density at radius 2 is 1.58 bits per heavy atom. The number of rotatable bonds is 7. The SMILES string of the molecule is COc1ccc(/C([O-])=C2\C(=O)C(=O)N(CC[NH+]3CCOCC3)C2c2ccc(OC)cc2)cc1. The van der Waals surface area contributed by atoms with Crippen LogP contribution in [0, 0.1) is 0 Å². The van der Waals surface area contributed by atoms with Gasteiger partial charge in [0.25, 0.3) is 5.91 Å². The summed E-state index contributed by atoms with van der Waals surface area (Å²) in [6, 6.07) is 12.9. The van der Waals surface area contributed by atoms with Crippen LogP contribution in [0.2, 0.25) is 0 Å². The molecule has 0 spiro atoms. The monoisotopic (exact) mass is 452 g/mol. The molecule has 1 atom stereocenters. The van der Waals surface area contributed by atoms with Crippen LogP contribution in [-0.4, -0.2) is 70.2 Å². The zero-order valence-corrected chi connectivity index (χ0v) is 18.8. The molecule has 2 aliphatic rings. The molecular weight excluding hydrogens is 424 g/mol. The van der Waals surface area contributed by atoms with Crippen molar-refractivity contribution >= 4 is 17.4 Å². The van der Waals surface area contributed by atoms with Gasteiger partial charge in [0.1, 0.15) is 24.6 Å².